The number of nitrogens with zero attached hydrogens (tertiary/aromatic N) is 1. The van der Waals surface area contributed by atoms with Crippen LogP contribution in [0.4, 0.5) is 17.1 Å². The summed E-state index contributed by atoms with van der Waals surface area (Å²) >= 11 is 0. The SMILES string of the molecule is c1ccc(N(c2ccccc2)c2ccc(-c3c(-c4cccc5ccccc45)ccc4c3oc3ccc5oc6ccccc6c5c34)cc2)cc1. The minimum absolute atomic E-state index is 0.848. The lowest BCUT2D eigenvalue weighted by molar-refractivity contribution is 0.663. The molecule has 0 aliphatic heterocycles. The first-order valence-electron chi connectivity index (χ1n) is 16.6. The summed E-state index contributed by atoms with van der Waals surface area (Å²) in [7, 11) is 0. The van der Waals surface area contributed by atoms with E-state index < -0.39 is 0 Å². The lowest BCUT2D eigenvalue weighted by Crippen LogP contribution is -2.09. The van der Waals surface area contributed by atoms with Gasteiger partial charge in [0.1, 0.15) is 22.3 Å². The van der Waals surface area contributed by atoms with Crippen molar-refractivity contribution in [1.82, 2.24) is 0 Å². The Labute approximate surface area is 282 Å². The van der Waals surface area contributed by atoms with Crippen molar-refractivity contribution in [3.63, 3.8) is 0 Å². The molecule has 49 heavy (non-hydrogen) atoms. The normalized spacial score (nSPS) is 11.7. The summed E-state index contributed by atoms with van der Waals surface area (Å²) in [5.41, 5.74) is 11.2. The summed E-state index contributed by atoms with van der Waals surface area (Å²) in [4.78, 5) is 2.29. The van der Waals surface area contributed by atoms with Crippen molar-refractivity contribution >= 4 is 71.7 Å². The Morgan fingerprint density at radius 3 is 1.69 bits per heavy atom. The molecule has 0 atom stereocenters. The van der Waals surface area contributed by atoms with Crippen molar-refractivity contribution in [2.24, 2.45) is 0 Å². The summed E-state index contributed by atoms with van der Waals surface area (Å²) < 4.78 is 13.2. The van der Waals surface area contributed by atoms with Gasteiger partial charge in [-0.25, -0.2) is 0 Å². The molecule has 230 valence electrons. The zero-order valence-electron chi connectivity index (χ0n) is 26.5. The molecule has 0 spiro atoms. The average molecular weight is 628 g/mol. The van der Waals surface area contributed by atoms with Crippen LogP contribution in [0.15, 0.2) is 185 Å². The summed E-state index contributed by atoms with van der Waals surface area (Å²) in [6.07, 6.45) is 0. The lowest BCUT2D eigenvalue weighted by atomic mass is 9.89. The number of hydrogen-bond acceptors (Lipinski definition) is 3. The van der Waals surface area contributed by atoms with Gasteiger partial charge in [0.05, 0.1) is 0 Å². The Bertz CT molecular complexity index is 2770. The van der Waals surface area contributed by atoms with Gasteiger partial charge in [-0.15, -0.1) is 0 Å². The van der Waals surface area contributed by atoms with E-state index in [0.717, 1.165) is 77.6 Å². The Morgan fingerprint density at radius 1 is 0.347 bits per heavy atom. The van der Waals surface area contributed by atoms with E-state index in [1.54, 1.807) is 0 Å². The average Bonchev–Trinajstić information content (AvgIpc) is 3.74. The van der Waals surface area contributed by atoms with Crippen LogP contribution in [-0.2, 0) is 0 Å². The van der Waals surface area contributed by atoms with E-state index in [-0.39, 0.29) is 0 Å². The topological polar surface area (TPSA) is 29.5 Å². The second-order valence-corrected chi connectivity index (χ2v) is 12.5. The van der Waals surface area contributed by atoms with Crippen molar-refractivity contribution in [2.45, 2.75) is 0 Å². The maximum atomic E-state index is 6.90. The molecule has 0 saturated carbocycles. The first-order valence-corrected chi connectivity index (χ1v) is 16.6. The van der Waals surface area contributed by atoms with Crippen LogP contribution in [0.3, 0.4) is 0 Å². The molecule has 0 radical (unpaired) electrons. The Hall–Kier alpha value is -6.58. The van der Waals surface area contributed by atoms with Crippen LogP contribution in [0.2, 0.25) is 0 Å². The summed E-state index contributed by atoms with van der Waals surface area (Å²) in [6, 6.07) is 61.9. The number of fused-ring (bicyclic) bond motifs is 8. The molecule has 2 aromatic heterocycles. The van der Waals surface area contributed by atoms with E-state index in [1.807, 2.05) is 24.3 Å². The number of benzene rings is 8. The quantitative estimate of drug-likeness (QED) is 0.190. The molecule has 0 saturated heterocycles. The van der Waals surface area contributed by atoms with Crippen LogP contribution in [-0.4, -0.2) is 0 Å². The standard InChI is InChI=1S/C46H29NO2/c1-3-14-32(15-4-1)47(33-16-5-2-6-17-33)34-24-22-31(23-25-34)43-37(36-20-11-13-30-12-7-8-18-35(30)36)26-27-39-45-42(49-46(39)43)29-28-41-44(45)38-19-9-10-21-40(38)48-41/h1-29H. The van der Waals surface area contributed by atoms with Crippen molar-refractivity contribution in [1.29, 1.82) is 0 Å². The first kappa shape index (κ1) is 27.5. The third-order valence-electron chi connectivity index (χ3n) is 9.67. The molecule has 0 fully saturated rings. The van der Waals surface area contributed by atoms with Gasteiger partial charge < -0.3 is 13.7 Å². The largest absolute Gasteiger partial charge is 0.456 e. The van der Waals surface area contributed by atoms with Gasteiger partial charge in [0, 0.05) is 44.2 Å². The van der Waals surface area contributed by atoms with Crippen molar-refractivity contribution in [2.75, 3.05) is 4.90 Å². The summed E-state index contributed by atoms with van der Waals surface area (Å²) in [5.74, 6) is 0. The monoisotopic (exact) mass is 627 g/mol. The lowest BCUT2D eigenvalue weighted by Gasteiger charge is -2.25. The van der Waals surface area contributed by atoms with E-state index in [4.69, 9.17) is 8.83 Å². The second-order valence-electron chi connectivity index (χ2n) is 12.5. The van der Waals surface area contributed by atoms with Gasteiger partial charge >= 0.3 is 0 Å². The molecule has 0 N–H and O–H groups in total. The highest BCUT2D eigenvalue weighted by atomic mass is 16.3. The predicted octanol–water partition coefficient (Wildman–Crippen LogP) is 13.4. The fourth-order valence-corrected chi connectivity index (χ4v) is 7.50. The highest BCUT2D eigenvalue weighted by Gasteiger charge is 2.22. The minimum Gasteiger partial charge on any atom is -0.456 e. The molecule has 10 rings (SSSR count). The van der Waals surface area contributed by atoms with Gasteiger partial charge in [-0.05, 0) is 88.1 Å². The molecule has 0 aliphatic carbocycles. The third-order valence-corrected chi connectivity index (χ3v) is 9.67. The fraction of sp³-hybridized carbons (Fsp3) is 0. The number of rotatable bonds is 5. The molecule has 3 heteroatoms. The molecule has 0 bridgehead atoms. The minimum atomic E-state index is 0.848. The van der Waals surface area contributed by atoms with Crippen LogP contribution in [0.1, 0.15) is 0 Å². The molecule has 0 aliphatic rings. The van der Waals surface area contributed by atoms with Crippen LogP contribution in [0.5, 0.6) is 0 Å². The van der Waals surface area contributed by atoms with Crippen molar-refractivity contribution in [3.8, 4) is 22.3 Å². The first-order chi connectivity index (χ1) is 24.3. The number of furan rings is 2. The van der Waals surface area contributed by atoms with Gasteiger partial charge in [-0.2, -0.15) is 0 Å². The van der Waals surface area contributed by atoms with Crippen molar-refractivity contribution < 1.29 is 8.83 Å². The molecule has 3 nitrogen and oxygen atoms in total. The van der Waals surface area contributed by atoms with E-state index in [9.17, 15) is 0 Å². The molecular formula is C46H29NO2. The van der Waals surface area contributed by atoms with Crippen LogP contribution < -0.4 is 4.90 Å². The highest BCUT2D eigenvalue weighted by molar-refractivity contribution is 6.27. The van der Waals surface area contributed by atoms with E-state index >= 15 is 0 Å². The van der Waals surface area contributed by atoms with Gasteiger partial charge in [-0.3, -0.25) is 0 Å². The summed E-state index contributed by atoms with van der Waals surface area (Å²) in [6.45, 7) is 0. The molecule has 0 amide bonds. The Morgan fingerprint density at radius 2 is 0.939 bits per heavy atom. The van der Waals surface area contributed by atoms with Gasteiger partial charge in [0.15, 0.2) is 0 Å². The van der Waals surface area contributed by atoms with Crippen LogP contribution in [0, 0.1) is 0 Å². The Kier molecular flexibility index (Phi) is 6.18. The van der Waals surface area contributed by atoms with Gasteiger partial charge in [-0.1, -0.05) is 115 Å². The maximum absolute atomic E-state index is 6.90. The Balaban J connectivity index is 1.24. The smallest absolute Gasteiger partial charge is 0.143 e. The van der Waals surface area contributed by atoms with Gasteiger partial charge in [0.2, 0.25) is 0 Å². The zero-order chi connectivity index (χ0) is 32.3. The zero-order valence-corrected chi connectivity index (χ0v) is 26.5. The van der Waals surface area contributed by atoms with Gasteiger partial charge in [0.25, 0.3) is 0 Å². The molecule has 8 aromatic carbocycles. The molecule has 0 unspecified atom stereocenters. The van der Waals surface area contributed by atoms with Crippen LogP contribution in [0.25, 0.3) is 76.9 Å². The van der Waals surface area contributed by atoms with Crippen molar-refractivity contribution in [3.05, 3.63) is 176 Å². The summed E-state index contributed by atoms with van der Waals surface area (Å²) in [5, 5.41) is 6.76. The van der Waals surface area contributed by atoms with E-state index in [1.165, 1.54) is 16.3 Å². The van der Waals surface area contributed by atoms with Crippen LogP contribution >= 0.6 is 0 Å². The number of hydrogen-bond donors (Lipinski definition) is 0. The van der Waals surface area contributed by atoms with E-state index in [0.29, 0.717) is 0 Å². The maximum Gasteiger partial charge on any atom is 0.143 e. The molecular weight excluding hydrogens is 599 g/mol. The molecule has 10 aromatic rings. The van der Waals surface area contributed by atoms with E-state index in [2.05, 4.69) is 157 Å². The molecule has 2 heterocycles. The highest BCUT2D eigenvalue weighted by Crippen LogP contribution is 2.47. The number of para-hydroxylation sites is 3. The predicted molar refractivity (Wildman–Crippen MR) is 204 cm³/mol. The second kappa shape index (κ2) is 11.0. The number of anilines is 3. The fourth-order valence-electron chi connectivity index (χ4n) is 7.50. The third kappa shape index (κ3) is 4.37.